The summed E-state index contributed by atoms with van der Waals surface area (Å²) in [6.45, 7) is 0.632. The Labute approximate surface area is 114 Å². The molecule has 20 heavy (non-hydrogen) atoms. The number of nitrogens with one attached hydrogen (secondary N) is 1. The number of alkyl halides is 2. The van der Waals surface area contributed by atoms with Crippen LogP contribution >= 0.6 is 0 Å². The number of hydrogen-bond donors (Lipinski definition) is 3. The van der Waals surface area contributed by atoms with E-state index in [4.69, 9.17) is 5.73 Å². The number of aliphatic hydroxyl groups is 1. The second kappa shape index (κ2) is 5.05. The topological polar surface area (TPSA) is 67.5 Å². The van der Waals surface area contributed by atoms with Crippen LogP contribution in [-0.4, -0.2) is 23.9 Å². The van der Waals surface area contributed by atoms with Gasteiger partial charge in [-0.05, 0) is 6.42 Å². The van der Waals surface area contributed by atoms with Gasteiger partial charge in [0.1, 0.15) is 0 Å². The van der Waals surface area contributed by atoms with Crippen LogP contribution in [0.25, 0.3) is 0 Å². The molecule has 2 atom stereocenters. The SMILES string of the molecule is CC1(C)C(O)CC1Nc1cc(OC(F)F)c(F)cc1N. The molecule has 0 bridgehead atoms. The third kappa shape index (κ3) is 2.63. The highest BCUT2D eigenvalue weighted by Gasteiger charge is 2.47. The van der Waals surface area contributed by atoms with Crippen LogP contribution in [0.2, 0.25) is 0 Å². The van der Waals surface area contributed by atoms with Gasteiger partial charge in [-0.3, -0.25) is 0 Å². The quantitative estimate of drug-likeness (QED) is 0.746. The van der Waals surface area contributed by atoms with E-state index in [0.717, 1.165) is 12.1 Å². The van der Waals surface area contributed by atoms with Crippen LogP contribution in [0.3, 0.4) is 0 Å². The molecule has 0 radical (unpaired) electrons. The van der Waals surface area contributed by atoms with E-state index in [-0.39, 0.29) is 17.1 Å². The molecular weight excluding hydrogens is 273 g/mol. The van der Waals surface area contributed by atoms with Gasteiger partial charge in [0.05, 0.1) is 17.5 Å². The van der Waals surface area contributed by atoms with E-state index in [1.54, 1.807) is 0 Å². The predicted octanol–water partition coefficient (Wildman–Crippen LogP) is 2.58. The number of nitrogens with two attached hydrogens (primary N) is 1. The number of benzene rings is 1. The van der Waals surface area contributed by atoms with Crippen LogP contribution < -0.4 is 15.8 Å². The van der Waals surface area contributed by atoms with Crippen molar-refractivity contribution in [2.24, 2.45) is 5.41 Å². The van der Waals surface area contributed by atoms with Crippen molar-refractivity contribution in [3.63, 3.8) is 0 Å². The van der Waals surface area contributed by atoms with Crippen molar-refractivity contribution < 1.29 is 23.0 Å². The first-order chi connectivity index (χ1) is 9.21. The minimum absolute atomic E-state index is 0.0790. The normalized spacial score (nSPS) is 24.4. The molecule has 1 aromatic carbocycles. The summed E-state index contributed by atoms with van der Waals surface area (Å²) in [6.07, 6.45) is 0.0629. The minimum atomic E-state index is -3.11. The number of rotatable bonds is 4. The lowest BCUT2D eigenvalue weighted by molar-refractivity contribution is -0.0525. The van der Waals surface area contributed by atoms with E-state index in [1.165, 1.54) is 0 Å². The molecule has 112 valence electrons. The summed E-state index contributed by atoms with van der Waals surface area (Å²) in [5.74, 6) is -1.50. The fourth-order valence-corrected chi connectivity index (χ4v) is 2.22. The fraction of sp³-hybridized carbons (Fsp3) is 0.538. The molecule has 0 amide bonds. The summed E-state index contributed by atoms with van der Waals surface area (Å²) >= 11 is 0. The van der Waals surface area contributed by atoms with Gasteiger partial charge in [-0.2, -0.15) is 8.78 Å². The maximum absolute atomic E-state index is 13.4. The van der Waals surface area contributed by atoms with E-state index >= 15 is 0 Å². The fourth-order valence-electron chi connectivity index (χ4n) is 2.22. The number of aliphatic hydroxyl groups excluding tert-OH is 1. The average molecular weight is 290 g/mol. The lowest BCUT2D eigenvalue weighted by atomic mass is 9.64. The van der Waals surface area contributed by atoms with E-state index in [0.29, 0.717) is 12.1 Å². The maximum atomic E-state index is 13.4. The number of nitrogen functional groups attached to an aromatic ring is 1. The van der Waals surface area contributed by atoms with Crippen LogP contribution in [0.4, 0.5) is 24.5 Å². The van der Waals surface area contributed by atoms with Crippen molar-refractivity contribution in [1.82, 2.24) is 0 Å². The Morgan fingerprint density at radius 3 is 2.60 bits per heavy atom. The van der Waals surface area contributed by atoms with Gasteiger partial charge in [0.25, 0.3) is 0 Å². The molecule has 0 saturated heterocycles. The molecule has 1 aromatic rings. The minimum Gasteiger partial charge on any atom is -0.432 e. The smallest absolute Gasteiger partial charge is 0.387 e. The molecule has 1 aliphatic carbocycles. The van der Waals surface area contributed by atoms with Gasteiger partial charge in [0.2, 0.25) is 0 Å². The number of halogens is 3. The van der Waals surface area contributed by atoms with Crippen molar-refractivity contribution in [2.45, 2.75) is 39.0 Å². The van der Waals surface area contributed by atoms with Gasteiger partial charge in [0, 0.05) is 23.6 Å². The molecule has 0 aromatic heterocycles. The highest BCUT2D eigenvalue weighted by atomic mass is 19.3. The van der Waals surface area contributed by atoms with E-state index in [1.807, 2.05) is 13.8 Å². The zero-order chi connectivity index (χ0) is 15.1. The third-order valence-corrected chi connectivity index (χ3v) is 3.87. The first-order valence-electron chi connectivity index (χ1n) is 6.20. The Bertz CT molecular complexity index is 509. The Balaban J connectivity index is 2.20. The van der Waals surface area contributed by atoms with Crippen molar-refractivity contribution in [1.29, 1.82) is 0 Å². The van der Waals surface area contributed by atoms with E-state index < -0.39 is 24.3 Å². The average Bonchev–Trinajstić information content (AvgIpc) is 2.33. The van der Waals surface area contributed by atoms with Crippen LogP contribution in [0.5, 0.6) is 5.75 Å². The standard InChI is InChI=1S/C13H17F3N2O2/c1-13(2)10(5-11(13)19)18-8-4-9(20-12(15)16)6(14)3-7(8)17/h3-4,10-12,18-19H,5,17H2,1-2H3. The Kier molecular flexibility index (Phi) is 3.73. The summed E-state index contributed by atoms with van der Waals surface area (Å²) in [6, 6.07) is 1.96. The van der Waals surface area contributed by atoms with Gasteiger partial charge < -0.3 is 20.9 Å². The molecule has 4 N–H and O–H groups in total. The second-order valence-corrected chi connectivity index (χ2v) is 5.52. The number of hydrogen-bond acceptors (Lipinski definition) is 4. The molecule has 1 saturated carbocycles. The summed E-state index contributed by atoms with van der Waals surface area (Å²) in [4.78, 5) is 0. The van der Waals surface area contributed by atoms with Crippen molar-refractivity contribution in [2.75, 3.05) is 11.1 Å². The third-order valence-electron chi connectivity index (χ3n) is 3.87. The molecule has 2 unspecified atom stereocenters. The van der Waals surface area contributed by atoms with Crippen molar-refractivity contribution in [3.05, 3.63) is 17.9 Å². The van der Waals surface area contributed by atoms with Crippen LogP contribution in [-0.2, 0) is 0 Å². The van der Waals surface area contributed by atoms with Crippen molar-refractivity contribution in [3.8, 4) is 5.75 Å². The van der Waals surface area contributed by atoms with Gasteiger partial charge in [-0.1, -0.05) is 13.8 Å². The van der Waals surface area contributed by atoms with Gasteiger partial charge in [-0.15, -0.1) is 0 Å². The molecule has 0 aliphatic heterocycles. The zero-order valence-electron chi connectivity index (χ0n) is 11.2. The highest BCUT2D eigenvalue weighted by Crippen LogP contribution is 2.43. The lowest BCUT2D eigenvalue weighted by Crippen LogP contribution is -2.56. The summed E-state index contributed by atoms with van der Waals surface area (Å²) in [7, 11) is 0. The second-order valence-electron chi connectivity index (χ2n) is 5.52. The Morgan fingerprint density at radius 1 is 1.45 bits per heavy atom. The van der Waals surface area contributed by atoms with Gasteiger partial charge in [0.15, 0.2) is 11.6 Å². The molecular formula is C13H17F3N2O2. The molecule has 7 heteroatoms. The Hall–Kier alpha value is -1.63. The molecule has 2 rings (SSSR count). The highest BCUT2D eigenvalue weighted by molar-refractivity contribution is 5.69. The van der Waals surface area contributed by atoms with Crippen LogP contribution in [0, 0.1) is 11.2 Å². The molecule has 4 nitrogen and oxygen atoms in total. The van der Waals surface area contributed by atoms with Crippen LogP contribution in [0.15, 0.2) is 12.1 Å². The van der Waals surface area contributed by atoms with Crippen LogP contribution in [0.1, 0.15) is 20.3 Å². The molecule has 1 aliphatic rings. The first kappa shape index (κ1) is 14.8. The van der Waals surface area contributed by atoms with Crippen molar-refractivity contribution >= 4 is 11.4 Å². The van der Waals surface area contributed by atoms with Gasteiger partial charge in [-0.25, -0.2) is 4.39 Å². The monoisotopic (exact) mass is 290 g/mol. The molecule has 1 fully saturated rings. The maximum Gasteiger partial charge on any atom is 0.387 e. The summed E-state index contributed by atoms with van der Waals surface area (Å²) in [5.41, 5.74) is 5.70. The predicted molar refractivity (Wildman–Crippen MR) is 69.3 cm³/mol. The lowest BCUT2D eigenvalue weighted by Gasteiger charge is -2.50. The number of anilines is 2. The van der Waals surface area contributed by atoms with E-state index in [9.17, 15) is 18.3 Å². The summed E-state index contributed by atoms with van der Waals surface area (Å²) < 4.78 is 41.9. The first-order valence-corrected chi connectivity index (χ1v) is 6.20. The van der Waals surface area contributed by atoms with E-state index in [2.05, 4.69) is 10.1 Å². The van der Waals surface area contributed by atoms with Gasteiger partial charge >= 0.3 is 6.61 Å². The molecule has 0 heterocycles. The zero-order valence-corrected chi connectivity index (χ0v) is 11.2. The number of ether oxygens (including phenoxy) is 1. The largest absolute Gasteiger partial charge is 0.432 e. The Morgan fingerprint density at radius 2 is 2.10 bits per heavy atom. The summed E-state index contributed by atoms with van der Waals surface area (Å²) in [5, 5.41) is 12.7. The molecule has 0 spiro atoms.